The summed E-state index contributed by atoms with van der Waals surface area (Å²) in [7, 11) is 2.63. The Hall–Kier alpha value is -3.23. The third-order valence-corrected chi connectivity index (χ3v) is 3.35. The minimum Gasteiger partial charge on any atom is -0.494 e. The van der Waals surface area contributed by atoms with Crippen LogP contribution in [0.25, 0.3) is 0 Å². The summed E-state index contributed by atoms with van der Waals surface area (Å²) in [6.07, 6.45) is 0. The van der Waals surface area contributed by atoms with E-state index >= 15 is 0 Å². The molecule has 1 N–H and O–H groups in total. The van der Waals surface area contributed by atoms with Gasteiger partial charge in [-0.15, -0.1) is 0 Å². The van der Waals surface area contributed by atoms with Gasteiger partial charge in [-0.3, -0.25) is 29.0 Å². The normalized spacial score (nSPS) is 11.5. The quantitative estimate of drug-likeness (QED) is 0.511. The molecule has 1 heterocycles. The second-order valence-electron chi connectivity index (χ2n) is 4.88. The van der Waals surface area contributed by atoms with Crippen LogP contribution >= 0.6 is 0 Å². The van der Waals surface area contributed by atoms with Gasteiger partial charge in [0.05, 0.1) is 16.3 Å². The van der Waals surface area contributed by atoms with Crippen molar-refractivity contribution >= 4 is 17.1 Å². The maximum absolute atomic E-state index is 12.2. The first kappa shape index (κ1) is 16.1. The standard InChI is InChI=1S/C14H14N4O5/c1-8(15-9-4-6-10(7-5-9)18(22)23)11-12(19)16(2)14(21)17(3)13(11)20/h4-7,19H,1-3H3. The van der Waals surface area contributed by atoms with Gasteiger partial charge < -0.3 is 5.11 Å². The monoisotopic (exact) mass is 318 g/mol. The van der Waals surface area contributed by atoms with E-state index < -0.39 is 22.1 Å². The highest BCUT2D eigenvalue weighted by Gasteiger charge is 2.17. The molecule has 2 aromatic rings. The predicted molar refractivity (Wildman–Crippen MR) is 83.6 cm³/mol. The van der Waals surface area contributed by atoms with Crippen LogP contribution < -0.4 is 11.2 Å². The van der Waals surface area contributed by atoms with Crippen LogP contribution in [0.5, 0.6) is 5.88 Å². The molecule has 0 saturated heterocycles. The van der Waals surface area contributed by atoms with Crippen molar-refractivity contribution in [3.05, 3.63) is 60.8 Å². The number of hydrogen-bond acceptors (Lipinski definition) is 6. The molecule has 0 amide bonds. The highest BCUT2D eigenvalue weighted by molar-refractivity contribution is 6.01. The molecular weight excluding hydrogens is 304 g/mol. The van der Waals surface area contributed by atoms with E-state index in [1.807, 2.05) is 0 Å². The van der Waals surface area contributed by atoms with Gasteiger partial charge in [-0.05, 0) is 19.1 Å². The van der Waals surface area contributed by atoms with Crippen LogP contribution in [0.4, 0.5) is 11.4 Å². The Labute approximate surface area is 129 Å². The first-order valence-electron chi connectivity index (χ1n) is 6.53. The van der Waals surface area contributed by atoms with Gasteiger partial charge in [0, 0.05) is 26.2 Å². The fourth-order valence-electron chi connectivity index (χ4n) is 2.05. The largest absolute Gasteiger partial charge is 0.494 e. The Kier molecular flexibility index (Phi) is 4.12. The summed E-state index contributed by atoms with van der Waals surface area (Å²) < 4.78 is 1.80. The highest BCUT2D eigenvalue weighted by atomic mass is 16.6. The minimum absolute atomic E-state index is 0.0810. The molecule has 0 atom stereocenters. The average molecular weight is 318 g/mol. The molecule has 9 heteroatoms. The Morgan fingerprint density at radius 1 is 1.17 bits per heavy atom. The molecule has 0 saturated carbocycles. The first-order valence-corrected chi connectivity index (χ1v) is 6.53. The topological polar surface area (TPSA) is 120 Å². The number of aromatic nitrogens is 2. The zero-order valence-electron chi connectivity index (χ0n) is 12.7. The molecule has 0 spiro atoms. The van der Waals surface area contributed by atoms with Crippen molar-refractivity contribution in [1.29, 1.82) is 0 Å². The molecule has 0 aliphatic heterocycles. The van der Waals surface area contributed by atoms with Crippen LogP contribution in [-0.2, 0) is 14.1 Å². The van der Waals surface area contributed by atoms with Crippen molar-refractivity contribution in [3.8, 4) is 5.88 Å². The average Bonchev–Trinajstić information content (AvgIpc) is 2.51. The summed E-state index contributed by atoms with van der Waals surface area (Å²) in [5.41, 5.74) is -0.945. The van der Waals surface area contributed by atoms with Gasteiger partial charge >= 0.3 is 5.69 Å². The highest BCUT2D eigenvalue weighted by Crippen LogP contribution is 2.20. The van der Waals surface area contributed by atoms with E-state index in [0.29, 0.717) is 5.69 Å². The number of nitro groups is 1. The van der Waals surface area contributed by atoms with Crippen LogP contribution in [0, 0.1) is 10.1 Å². The summed E-state index contributed by atoms with van der Waals surface area (Å²) in [4.78, 5) is 38.1. The number of non-ortho nitro benzene ring substituents is 1. The Balaban J connectivity index is 2.57. The SMILES string of the molecule is CC(=Nc1ccc([N+](=O)[O-])cc1)c1c(O)n(C)c(=O)n(C)c1=O. The molecular formula is C14H14N4O5. The number of aliphatic imine (C=N–C) groups is 1. The summed E-state index contributed by atoms with van der Waals surface area (Å²) in [6.45, 7) is 1.50. The summed E-state index contributed by atoms with van der Waals surface area (Å²) in [6, 6.07) is 5.41. The van der Waals surface area contributed by atoms with Crippen molar-refractivity contribution in [3.63, 3.8) is 0 Å². The zero-order valence-corrected chi connectivity index (χ0v) is 12.7. The molecule has 0 bridgehead atoms. The third-order valence-electron chi connectivity index (χ3n) is 3.35. The molecule has 120 valence electrons. The number of nitrogens with zero attached hydrogens (tertiary/aromatic N) is 4. The molecule has 0 unspecified atom stereocenters. The summed E-state index contributed by atoms with van der Waals surface area (Å²) in [5.74, 6) is -0.485. The maximum Gasteiger partial charge on any atom is 0.333 e. The van der Waals surface area contributed by atoms with Crippen LogP contribution in [0.3, 0.4) is 0 Å². The number of nitro benzene ring substituents is 1. The van der Waals surface area contributed by atoms with E-state index in [-0.39, 0.29) is 17.0 Å². The molecule has 0 radical (unpaired) electrons. The lowest BCUT2D eigenvalue weighted by molar-refractivity contribution is -0.384. The van der Waals surface area contributed by atoms with Crippen molar-refractivity contribution < 1.29 is 10.0 Å². The lowest BCUT2D eigenvalue weighted by atomic mass is 10.2. The fraction of sp³-hybridized carbons (Fsp3) is 0.214. The fourth-order valence-corrected chi connectivity index (χ4v) is 2.05. The van der Waals surface area contributed by atoms with E-state index in [9.17, 15) is 24.8 Å². The van der Waals surface area contributed by atoms with Crippen LogP contribution in [0.2, 0.25) is 0 Å². The van der Waals surface area contributed by atoms with Crippen molar-refractivity contribution in [2.75, 3.05) is 0 Å². The number of benzene rings is 1. The van der Waals surface area contributed by atoms with E-state index in [2.05, 4.69) is 4.99 Å². The Bertz CT molecular complexity index is 922. The maximum atomic E-state index is 12.2. The van der Waals surface area contributed by atoms with Crippen molar-refractivity contribution in [2.45, 2.75) is 6.92 Å². The molecule has 0 aliphatic carbocycles. The number of rotatable bonds is 3. The Morgan fingerprint density at radius 3 is 2.26 bits per heavy atom. The van der Waals surface area contributed by atoms with E-state index in [1.54, 1.807) is 0 Å². The predicted octanol–water partition coefficient (Wildman–Crippen LogP) is 0.838. The van der Waals surface area contributed by atoms with Gasteiger partial charge in [-0.1, -0.05) is 0 Å². The van der Waals surface area contributed by atoms with Gasteiger partial charge in [-0.2, -0.15) is 0 Å². The molecule has 1 aromatic carbocycles. The van der Waals surface area contributed by atoms with Crippen LogP contribution in [-0.4, -0.2) is 24.9 Å². The minimum atomic E-state index is -0.672. The van der Waals surface area contributed by atoms with Crippen LogP contribution in [0.15, 0.2) is 38.8 Å². The summed E-state index contributed by atoms with van der Waals surface area (Å²) >= 11 is 0. The van der Waals surface area contributed by atoms with E-state index in [0.717, 1.165) is 9.13 Å². The van der Waals surface area contributed by atoms with Crippen LogP contribution in [0.1, 0.15) is 12.5 Å². The molecule has 9 nitrogen and oxygen atoms in total. The van der Waals surface area contributed by atoms with Gasteiger partial charge in [0.15, 0.2) is 0 Å². The van der Waals surface area contributed by atoms with Crippen molar-refractivity contribution in [2.24, 2.45) is 19.1 Å². The lowest BCUT2D eigenvalue weighted by Gasteiger charge is -2.10. The van der Waals surface area contributed by atoms with Crippen molar-refractivity contribution in [1.82, 2.24) is 9.13 Å². The molecule has 0 aliphatic rings. The number of aromatic hydroxyl groups is 1. The second-order valence-corrected chi connectivity index (χ2v) is 4.88. The van der Waals surface area contributed by atoms with E-state index in [1.165, 1.54) is 45.3 Å². The molecule has 0 fully saturated rings. The molecule has 23 heavy (non-hydrogen) atoms. The van der Waals surface area contributed by atoms with E-state index in [4.69, 9.17) is 0 Å². The van der Waals surface area contributed by atoms with Gasteiger partial charge in [0.25, 0.3) is 11.2 Å². The second kappa shape index (κ2) is 5.87. The smallest absolute Gasteiger partial charge is 0.333 e. The van der Waals surface area contributed by atoms with Gasteiger partial charge in [-0.25, -0.2) is 4.79 Å². The lowest BCUT2D eigenvalue weighted by Crippen LogP contribution is -2.39. The first-order chi connectivity index (χ1) is 10.7. The zero-order chi connectivity index (χ0) is 17.3. The number of hydrogen-bond donors (Lipinski definition) is 1. The summed E-state index contributed by atoms with van der Waals surface area (Å²) in [5, 5.41) is 20.6. The van der Waals surface area contributed by atoms with Gasteiger partial charge in [0.1, 0.15) is 5.56 Å². The third kappa shape index (κ3) is 2.89. The Morgan fingerprint density at radius 2 is 1.74 bits per heavy atom. The molecule has 2 rings (SSSR count). The molecule has 1 aromatic heterocycles. The van der Waals surface area contributed by atoms with Gasteiger partial charge in [0.2, 0.25) is 5.88 Å².